The van der Waals surface area contributed by atoms with E-state index >= 15 is 0 Å². The first-order chi connectivity index (χ1) is 27.3. The Morgan fingerprint density at radius 3 is 1.76 bits per heavy atom. The Hall–Kier alpha value is -7.16. The van der Waals surface area contributed by atoms with Crippen LogP contribution in [0.2, 0.25) is 0 Å². The number of furan rings is 1. The van der Waals surface area contributed by atoms with Crippen LogP contribution in [-0.4, -0.2) is 0 Å². The molecular formula is C53H35NO. The first kappa shape index (κ1) is 31.4. The number of nitrogens with zero attached hydrogens (tertiary/aromatic N) is 1. The Morgan fingerprint density at radius 2 is 1.02 bits per heavy atom. The topological polar surface area (TPSA) is 16.4 Å². The average molecular weight is 702 g/mol. The van der Waals surface area contributed by atoms with E-state index in [1.807, 2.05) is 0 Å². The molecule has 0 spiro atoms. The minimum atomic E-state index is -0.512. The molecule has 1 aromatic heterocycles. The number of anilines is 3. The second-order valence-corrected chi connectivity index (χ2v) is 14.4. The fraction of sp³-hybridized carbons (Fsp3) is 0.0189. The summed E-state index contributed by atoms with van der Waals surface area (Å²) in [7, 11) is 0. The Labute approximate surface area is 320 Å². The fourth-order valence-corrected chi connectivity index (χ4v) is 9.24. The molecule has 9 aromatic carbocycles. The van der Waals surface area contributed by atoms with Crippen LogP contribution in [0.4, 0.5) is 17.1 Å². The van der Waals surface area contributed by atoms with Crippen molar-refractivity contribution in [2.75, 3.05) is 4.90 Å². The van der Waals surface area contributed by atoms with Crippen LogP contribution in [0.25, 0.3) is 55.0 Å². The lowest BCUT2D eigenvalue weighted by Crippen LogP contribution is -2.28. The molecule has 1 heterocycles. The zero-order chi connectivity index (χ0) is 36.3. The molecular weight excluding hydrogens is 667 g/mol. The van der Waals surface area contributed by atoms with Gasteiger partial charge in [-0.2, -0.15) is 0 Å². The van der Waals surface area contributed by atoms with E-state index in [1.54, 1.807) is 0 Å². The maximum atomic E-state index is 6.95. The molecule has 0 saturated carbocycles. The lowest BCUT2D eigenvalue weighted by Gasteiger charge is -2.35. The van der Waals surface area contributed by atoms with Crippen molar-refractivity contribution in [3.8, 4) is 22.3 Å². The summed E-state index contributed by atoms with van der Waals surface area (Å²) in [5.41, 5.74) is 14.3. The van der Waals surface area contributed by atoms with E-state index in [-0.39, 0.29) is 0 Å². The second kappa shape index (κ2) is 12.5. The van der Waals surface area contributed by atoms with Crippen LogP contribution < -0.4 is 4.90 Å². The Morgan fingerprint density at radius 1 is 0.400 bits per heavy atom. The molecule has 2 heteroatoms. The molecule has 258 valence electrons. The van der Waals surface area contributed by atoms with Crippen LogP contribution in [0.3, 0.4) is 0 Å². The van der Waals surface area contributed by atoms with Gasteiger partial charge in [0.1, 0.15) is 11.2 Å². The quantitative estimate of drug-likeness (QED) is 0.172. The number of fused-ring (bicyclic) bond motifs is 8. The van der Waals surface area contributed by atoms with Crippen molar-refractivity contribution in [1.82, 2.24) is 0 Å². The van der Waals surface area contributed by atoms with Gasteiger partial charge in [-0.15, -0.1) is 0 Å². The summed E-state index contributed by atoms with van der Waals surface area (Å²) in [5, 5.41) is 4.58. The van der Waals surface area contributed by atoms with E-state index in [0.29, 0.717) is 0 Å². The monoisotopic (exact) mass is 701 g/mol. The van der Waals surface area contributed by atoms with Crippen molar-refractivity contribution < 1.29 is 4.42 Å². The summed E-state index contributed by atoms with van der Waals surface area (Å²) in [6.07, 6.45) is 0. The standard InChI is InChI=1S/C53H35NO/c1-5-18-36(19-6-1)45-34-37-20-13-14-27-42(37)50-51-48(30-17-31-49(51)55-52(45)50)54(40-25-11-4-12-26-40)41-32-33-44-43-28-15-16-29-46(43)53(47(44)35-41,38-21-7-2-8-22-38)39-23-9-3-10-24-39/h1-35H. The van der Waals surface area contributed by atoms with Crippen LogP contribution in [0.15, 0.2) is 217 Å². The maximum Gasteiger partial charge on any atom is 0.143 e. The smallest absolute Gasteiger partial charge is 0.143 e. The third kappa shape index (κ3) is 4.68. The largest absolute Gasteiger partial charge is 0.455 e. The summed E-state index contributed by atoms with van der Waals surface area (Å²) in [5.74, 6) is 0. The first-order valence-corrected chi connectivity index (χ1v) is 18.9. The van der Waals surface area contributed by atoms with E-state index in [0.717, 1.165) is 50.1 Å². The minimum absolute atomic E-state index is 0.512. The fourth-order valence-electron chi connectivity index (χ4n) is 9.24. The van der Waals surface area contributed by atoms with Gasteiger partial charge in [-0.05, 0) is 92.2 Å². The second-order valence-electron chi connectivity index (χ2n) is 14.4. The summed E-state index contributed by atoms with van der Waals surface area (Å²) in [6.45, 7) is 0. The third-order valence-electron chi connectivity index (χ3n) is 11.5. The number of hydrogen-bond donors (Lipinski definition) is 0. The van der Waals surface area contributed by atoms with Gasteiger partial charge in [-0.1, -0.05) is 170 Å². The molecule has 2 nitrogen and oxygen atoms in total. The maximum absolute atomic E-state index is 6.95. The molecule has 0 aliphatic heterocycles. The molecule has 0 atom stereocenters. The molecule has 55 heavy (non-hydrogen) atoms. The van der Waals surface area contributed by atoms with E-state index < -0.39 is 5.41 Å². The highest BCUT2D eigenvalue weighted by Gasteiger charge is 2.46. The highest BCUT2D eigenvalue weighted by atomic mass is 16.3. The predicted octanol–water partition coefficient (Wildman–Crippen LogP) is 14.2. The van der Waals surface area contributed by atoms with E-state index in [2.05, 4.69) is 217 Å². The van der Waals surface area contributed by atoms with E-state index in [9.17, 15) is 0 Å². The van der Waals surface area contributed by atoms with Crippen LogP contribution >= 0.6 is 0 Å². The molecule has 0 bridgehead atoms. The van der Waals surface area contributed by atoms with Crippen LogP contribution in [-0.2, 0) is 5.41 Å². The van der Waals surface area contributed by atoms with E-state index in [1.165, 1.54) is 44.2 Å². The molecule has 11 rings (SSSR count). The van der Waals surface area contributed by atoms with Gasteiger partial charge < -0.3 is 9.32 Å². The van der Waals surface area contributed by atoms with E-state index in [4.69, 9.17) is 4.42 Å². The van der Waals surface area contributed by atoms with Gasteiger partial charge in [0.2, 0.25) is 0 Å². The number of rotatable bonds is 6. The zero-order valence-electron chi connectivity index (χ0n) is 30.1. The lowest BCUT2D eigenvalue weighted by molar-refractivity contribution is 0.670. The highest BCUT2D eigenvalue weighted by Crippen LogP contribution is 2.57. The van der Waals surface area contributed by atoms with Gasteiger partial charge in [0, 0.05) is 22.3 Å². The molecule has 0 saturated heterocycles. The number of benzene rings is 9. The third-order valence-corrected chi connectivity index (χ3v) is 11.5. The summed E-state index contributed by atoms with van der Waals surface area (Å²) in [4.78, 5) is 2.42. The van der Waals surface area contributed by atoms with Crippen molar-refractivity contribution in [2.24, 2.45) is 0 Å². The van der Waals surface area contributed by atoms with Gasteiger partial charge in [-0.3, -0.25) is 0 Å². The summed E-state index contributed by atoms with van der Waals surface area (Å²) >= 11 is 0. The van der Waals surface area contributed by atoms with Crippen LogP contribution in [0.5, 0.6) is 0 Å². The Bertz CT molecular complexity index is 2980. The minimum Gasteiger partial charge on any atom is -0.455 e. The molecule has 1 aliphatic carbocycles. The molecule has 0 amide bonds. The lowest BCUT2D eigenvalue weighted by atomic mass is 9.67. The zero-order valence-corrected chi connectivity index (χ0v) is 30.1. The Kier molecular flexibility index (Phi) is 7.11. The molecule has 0 radical (unpaired) electrons. The molecule has 0 N–H and O–H groups in total. The molecule has 0 fully saturated rings. The molecule has 10 aromatic rings. The van der Waals surface area contributed by atoms with Crippen molar-refractivity contribution in [2.45, 2.75) is 5.41 Å². The number of para-hydroxylation sites is 1. The van der Waals surface area contributed by atoms with Crippen molar-refractivity contribution in [1.29, 1.82) is 0 Å². The van der Waals surface area contributed by atoms with Gasteiger partial charge >= 0.3 is 0 Å². The number of hydrogen-bond acceptors (Lipinski definition) is 2. The van der Waals surface area contributed by atoms with Crippen LogP contribution in [0, 0.1) is 0 Å². The first-order valence-electron chi connectivity index (χ1n) is 18.9. The van der Waals surface area contributed by atoms with Gasteiger partial charge in [0.25, 0.3) is 0 Å². The van der Waals surface area contributed by atoms with Gasteiger partial charge in [0.15, 0.2) is 0 Å². The van der Waals surface area contributed by atoms with Crippen molar-refractivity contribution >= 4 is 49.8 Å². The van der Waals surface area contributed by atoms with Crippen molar-refractivity contribution in [3.63, 3.8) is 0 Å². The highest BCUT2D eigenvalue weighted by molar-refractivity contribution is 6.26. The normalized spacial score (nSPS) is 12.9. The Balaban J connectivity index is 1.23. The van der Waals surface area contributed by atoms with Gasteiger partial charge in [0.05, 0.1) is 16.5 Å². The average Bonchev–Trinajstić information content (AvgIpc) is 3.80. The SMILES string of the molecule is c1ccc(-c2cc3ccccc3c3c2oc2cccc(N(c4ccccc4)c4ccc5c(c4)C(c4ccccc4)(c4ccccc4)c4ccccc4-5)c23)cc1. The predicted molar refractivity (Wildman–Crippen MR) is 229 cm³/mol. The summed E-state index contributed by atoms with van der Waals surface area (Å²) < 4.78 is 6.95. The van der Waals surface area contributed by atoms with Gasteiger partial charge in [-0.25, -0.2) is 0 Å². The molecule has 0 unspecified atom stereocenters. The van der Waals surface area contributed by atoms with Crippen molar-refractivity contribution in [3.05, 3.63) is 235 Å². The summed E-state index contributed by atoms with van der Waals surface area (Å²) in [6, 6.07) is 76.8. The molecule has 1 aliphatic rings. The van der Waals surface area contributed by atoms with Crippen LogP contribution in [0.1, 0.15) is 22.3 Å².